The summed E-state index contributed by atoms with van der Waals surface area (Å²) in [7, 11) is 0. The van der Waals surface area contributed by atoms with Gasteiger partial charge >= 0.3 is 5.69 Å². The average Bonchev–Trinajstić information content (AvgIpc) is 2.82. The van der Waals surface area contributed by atoms with Crippen molar-refractivity contribution in [1.82, 2.24) is 14.5 Å². The van der Waals surface area contributed by atoms with Gasteiger partial charge in [-0.25, -0.2) is 9.78 Å². The van der Waals surface area contributed by atoms with Crippen LogP contribution in [-0.2, 0) is 11.3 Å². The number of carbonyl (C=O) groups is 1. The number of aromatic nitrogens is 3. The Morgan fingerprint density at radius 3 is 2.60 bits per heavy atom. The molecule has 0 aliphatic heterocycles. The van der Waals surface area contributed by atoms with E-state index in [4.69, 9.17) is 17.2 Å². The van der Waals surface area contributed by atoms with Crippen molar-refractivity contribution < 1.29 is 4.79 Å². The Morgan fingerprint density at radius 2 is 1.94 bits per heavy atom. The molecule has 0 fully saturated rings. The summed E-state index contributed by atoms with van der Waals surface area (Å²) in [5.41, 5.74) is 17.4. The fraction of sp³-hybridized carbons (Fsp3) is 0.261. The number of nitrogens with one attached hydrogen (secondary N) is 1. The van der Waals surface area contributed by atoms with Gasteiger partial charge in [0.05, 0.1) is 18.0 Å². The van der Waals surface area contributed by atoms with E-state index in [1.54, 1.807) is 0 Å². The molecule has 0 aliphatic rings. The van der Waals surface area contributed by atoms with Crippen molar-refractivity contribution in [2.75, 3.05) is 34.4 Å². The standard InChI is InChI=1S/C23H26N8O3S/c1-2-3-9-30(18(32)13-35-22-15(11-24)16(25)10-17(26)28-22)19-20(27)31(23(34)29-21(19)33)12-14-7-5-4-6-8-14/h4-8,10H,2-3,9,12-13,27H2,1H3,(H4,25,26,28)(H,29,33,34). The summed E-state index contributed by atoms with van der Waals surface area (Å²) < 4.78 is 1.22. The number of anilines is 4. The minimum Gasteiger partial charge on any atom is -0.397 e. The Kier molecular flexibility index (Phi) is 8.17. The highest BCUT2D eigenvalue weighted by molar-refractivity contribution is 8.00. The predicted molar refractivity (Wildman–Crippen MR) is 137 cm³/mol. The van der Waals surface area contributed by atoms with Crippen molar-refractivity contribution in [3.05, 3.63) is 68.4 Å². The van der Waals surface area contributed by atoms with Crippen LogP contribution in [-0.4, -0.2) is 32.7 Å². The van der Waals surface area contributed by atoms with Crippen LogP contribution in [0.2, 0.25) is 0 Å². The smallest absolute Gasteiger partial charge is 0.330 e. The number of hydrogen-bond acceptors (Lipinski definition) is 9. The number of nitrogens with zero attached hydrogens (tertiary/aromatic N) is 4. The molecular weight excluding hydrogens is 468 g/mol. The Morgan fingerprint density at radius 1 is 1.23 bits per heavy atom. The molecular formula is C23H26N8O3S. The molecule has 12 heteroatoms. The van der Waals surface area contributed by atoms with Gasteiger partial charge in [-0.05, 0) is 12.0 Å². The number of unbranched alkanes of at least 4 members (excludes halogenated alkanes) is 1. The van der Waals surface area contributed by atoms with Crippen LogP contribution in [0.25, 0.3) is 0 Å². The van der Waals surface area contributed by atoms with E-state index in [0.717, 1.165) is 23.7 Å². The predicted octanol–water partition coefficient (Wildman–Crippen LogP) is 1.52. The van der Waals surface area contributed by atoms with E-state index in [-0.39, 0.29) is 52.4 Å². The Balaban J connectivity index is 1.97. The summed E-state index contributed by atoms with van der Waals surface area (Å²) in [6.45, 7) is 2.28. The van der Waals surface area contributed by atoms with Crippen LogP contribution >= 0.6 is 11.8 Å². The fourth-order valence-electron chi connectivity index (χ4n) is 3.42. The third kappa shape index (κ3) is 5.82. The summed E-state index contributed by atoms with van der Waals surface area (Å²) in [4.78, 5) is 46.3. The molecule has 0 atom stereocenters. The minimum atomic E-state index is -0.754. The van der Waals surface area contributed by atoms with E-state index < -0.39 is 17.2 Å². The van der Waals surface area contributed by atoms with Gasteiger partial charge in [0.15, 0.2) is 5.69 Å². The van der Waals surface area contributed by atoms with Gasteiger partial charge in [-0.15, -0.1) is 0 Å². The largest absolute Gasteiger partial charge is 0.397 e. The molecule has 3 rings (SSSR count). The number of H-pyrrole nitrogens is 1. The van der Waals surface area contributed by atoms with E-state index in [9.17, 15) is 19.6 Å². The Bertz CT molecular complexity index is 1380. The topological polar surface area (TPSA) is 190 Å². The van der Waals surface area contributed by atoms with Crippen LogP contribution in [0.5, 0.6) is 0 Å². The lowest BCUT2D eigenvalue weighted by Gasteiger charge is -2.24. The van der Waals surface area contributed by atoms with Crippen LogP contribution in [0.4, 0.5) is 23.0 Å². The molecule has 1 amide bonds. The summed E-state index contributed by atoms with van der Waals surface area (Å²) in [5, 5.41) is 9.61. The van der Waals surface area contributed by atoms with E-state index >= 15 is 0 Å². The summed E-state index contributed by atoms with van der Waals surface area (Å²) >= 11 is 0.980. The first-order chi connectivity index (χ1) is 16.8. The second-order valence-corrected chi connectivity index (χ2v) is 8.64. The number of hydrogen-bond donors (Lipinski definition) is 4. The molecule has 0 unspecified atom stereocenters. The molecule has 0 saturated heterocycles. The lowest BCUT2D eigenvalue weighted by Crippen LogP contribution is -2.42. The minimum absolute atomic E-state index is 0.0971. The number of nitrogen functional groups attached to an aromatic ring is 3. The van der Waals surface area contributed by atoms with Crippen molar-refractivity contribution in [3.8, 4) is 6.07 Å². The molecule has 0 bridgehead atoms. The lowest BCUT2D eigenvalue weighted by atomic mass is 10.2. The maximum atomic E-state index is 13.3. The maximum absolute atomic E-state index is 13.3. The molecule has 2 heterocycles. The van der Waals surface area contributed by atoms with Crippen LogP contribution in [0.15, 0.2) is 51.0 Å². The van der Waals surface area contributed by atoms with E-state index in [1.807, 2.05) is 43.3 Å². The van der Waals surface area contributed by atoms with Crippen molar-refractivity contribution in [2.45, 2.75) is 31.3 Å². The zero-order chi connectivity index (χ0) is 25.5. The van der Waals surface area contributed by atoms with E-state index in [1.165, 1.54) is 15.5 Å². The molecule has 1 aromatic carbocycles. The van der Waals surface area contributed by atoms with Gasteiger partial charge in [-0.2, -0.15) is 5.26 Å². The first kappa shape index (κ1) is 25.4. The third-order valence-electron chi connectivity index (χ3n) is 5.18. The number of pyridine rings is 1. The average molecular weight is 495 g/mol. The second-order valence-electron chi connectivity index (χ2n) is 7.68. The fourth-order valence-corrected chi connectivity index (χ4v) is 4.32. The molecule has 7 N–H and O–H groups in total. The number of amides is 1. The summed E-state index contributed by atoms with van der Waals surface area (Å²) in [6, 6.07) is 12.5. The lowest BCUT2D eigenvalue weighted by molar-refractivity contribution is -0.116. The van der Waals surface area contributed by atoms with Gasteiger partial charge in [-0.1, -0.05) is 55.4 Å². The maximum Gasteiger partial charge on any atom is 0.330 e. The van der Waals surface area contributed by atoms with Crippen molar-refractivity contribution in [3.63, 3.8) is 0 Å². The molecule has 2 aromatic heterocycles. The Hall–Kier alpha value is -4.24. The number of benzene rings is 1. The number of nitriles is 1. The highest BCUT2D eigenvalue weighted by Gasteiger charge is 2.25. The van der Waals surface area contributed by atoms with E-state index in [2.05, 4.69) is 9.97 Å². The summed E-state index contributed by atoms with van der Waals surface area (Å²) in [5.74, 6) is -0.600. The van der Waals surface area contributed by atoms with Crippen LogP contribution in [0.3, 0.4) is 0 Å². The SMILES string of the molecule is CCCCN(C(=O)CSc1nc(N)cc(N)c1C#N)c1c(N)n(Cc2ccccc2)c(=O)[nH]c1=O. The van der Waals surface area contributed by atoms with Gasteiger partial charge in [0.25, 0.3) is 5.56 Å². The Labute approximate surface area is 205 Å². The molecule has 35 heavy (non-hydrogen) atoms. The number of rotatable bonds is 9. The zero-order valence-corrected chi connectivity index (χ0v) is 20.0. The normalized spacial score (nSPS) is 10.6. The molecule has 3 aromatic rings. The molecule has 11 nitrogen and oxygen atoms in total. The molecule has 182 valence electrons. The van der Waals surface area contributed by atoms with Gasteiger partial charge in [0, 0.05) is 12.6 Å². The number of aromatic amines is 1. The van der Waals surface area contributed by atoms with E-state index in [0.29, 0.717) is 6.42 Å². The first-order valence-corrected chi connectivity index (χ1v) is 11.8. The van der Waals surface area contributed by atoms with Gasteiger partial charge in [0.2, 0.25) is 5.91 Å². The monoisotopic (exact) mass is 494 g/mol. The molecule has 0 aliphatic carbocycles. The van der Waals surface area contributed by atoms with Crippen LogP contribution in [0.1, 0.15) is 30.9 Å². The molecule has 0 spiro atoms. The number of nitrogens with two attached hydrogens (primary N) is 3. The number of carbonyl (C=O) groups excluding carboxylic acids is 1. The van der Waals surface area contributed by atoms with Gasteiger partial charge in [-0.3, -0.25) is 19.1 Å². The van der Waals surface area contributed by atoms with Gasteiger partial charge < -0.3 is 22.1 Å². The zero-order valence-electron chi connectivity index (χ0n) is 19.2. The highest BCUT2D eigenvalue weighted by Crippen LogP contribution is 2.27. The first-order valence-electron chi connectivity index (χ1n) is 10.8. The van der Waals surface area contributed by atoms with Crippen molar-refractivity contribution in [1.29, 1.82) is 5.26 Å². The quantitative estimate of drug-likeness (QED) is 0.319. The molecule has 0 radical (unpaired) electrons. The molecule has 0 saturated carbocycles. The van der Waals surface area contributed by atoms with Crippen LogP contribution < -0.4 is 33.3 Å². The van der Waals surface area contributed by atoms with Crippen LogP contribution in [0, 0.1) is 11.3 Å². The van der Waals surface area contributed by atoms with Gasteiger partial charge in [0.1, 0.15) is 28.3 Å². The van der Waals surface area contributed by atoms with Crippen molar-refractivity contribution in [2.24, 2.45) is 0 Å². The number of thioether (sulfide) groups is 1. The summed E-state index contributed by atoms with van der Waals surface area (Å²) in [6.07, 6.45) is 1.35. The van der Waals surface area contributed by atoms with Crippen molar-refractivity contribution >= 4 is 40.7 Å². The highest BCUT2D eigenvalue weighted by atomic mass is 32.2. The third-order valence-corrected chi connectivity index (χ3v) is 6.14. The second kappa shape index (κ2) is 11.3.